The maximum atomic E-state index is 12.9. The first-order valence-electron chi connectivity index (χ1n) is 5.40. The van der Waals surface area contributed by atoms with Gasteiger partial charge in [-0.1, -0.05) is 18.2 Å². The quantitative estimate of drug-likeness (QED) is 0.649. The molecule has 100 valence electrons. The molecule has 1 aromatic carbocycles. The highest BCUT2D eigenvalue weighted by molar-refractivity contribution is 5.62. The van der Waals surface area contributed by atoms with E-state index in [2.05, 4.69) is 15.4 Å². The molecule has 1 aromatic heterocycles. The molecular weight excluding hydrogens is 257 g/mol. The molecule has 7 heteroatoms. The zero-order valence-electron chi connectivity index (χ0n) is 9.99. The fraction of sp³-hybridized carbons (Fsp3) is 0.167. The fourth-order valence-corrected chi connectivity index (χ4v) is 1.69. The number of hydrogen-bond acceptors (Lipinski definition) is 4. The van der Waals surface area contributed by atoms with Gasteiger partial charge in [-0.3, -0.25) is 0 Å². The van der Waals surface area contributed by atoms with Crippen LogP contribution in [0.1, 0.15) is 11.3 Å². The largest absolute Gasteiger partial charge is 0.417 e. The average Bonchev–Trinajstić information content (AvgIpc) is 2.37. The number of benzene rings is 1. The summed E-state index contributed by atoms with van der Waals surface area (Å²) in [6, 6.07) is 6.70. The van der Waals surface area contributed by atoms with Crippen LogP contribution in [-0.4, -0.2) is 9.97 Å². The summed E-state index contributed by atoms with van der Waals surface area (Å²) in [5.41, 5.74) is 1.98. The number of nitrogens with two attached hydrogens (primary N) is 1. The van der Waals surface area contributed by atoms with E-state index in [1.54, 1.807) is 13.0 Å². The molecule has 0 unspecified atom stereocenters. The predicted octanol–water partition coefficient (Wildman–Crippen LogP) is 2.76. The minimum atomic E-state index is -4.46. The molecule has 0 aliphatic heterocycles. The Morgan fingerprint density at radius 1 is 1.16 bits per heavy atom. The van der Waals surface area contributed by atoms with Crippen molar-refractivity contribution in [3.8, 4) is 11.4 Å². The van der Waals surface area contributed by atoms with E-state index < -0.39 is 11.7 Å². The van der Waals surface area contributed by atoms with Gasteiger partial charge in [-0.05, 0) is 13.0 Å². The maximum Gasteiger partial charge on any atom is 0.417 e. The molecule has 0 fully saturated rings. The lowest BCUT2D eigenvalue weighted by molar-refractivity contribution is -0.137. The van der Waals surface area contributed by atoms with Crippen molar-refractivity contribution in [1.29, 1.82) is 0 Å². The summed E-state index contributed by atoms with van der Waals surface area (Å²) >= 11 is 0. The second-order valence-electron chi connectivity index (χ2n) is 3.91. The van der Waals surface area contributed by atoms with Gasteiger partial charge in [-0.25, -0.2) is 15.8 Å². The summed E-state index contributed by atoms with van der Waals surface area (Å²) in [5.74, 6) is 5.48. The lowest BCUT2D eigenvalue weighted by Gasteiger charge is -2.12. The van der Waals surface area contributed by atoms with Crippen molar-refractivity contribution in [2.75, 3.05) is 5.43 Å². The number of aryl methyl sites for hydroxylation is 1. The molecule has 0 saturated carbocycles. The number of hydrazine groups is 1. The van der Waals surface area contributed by atoms with Gasteiger partial charge in [-0.15, -0.1) is 0 Å². The molecule has 19 heavy (non-hydrogen) atoms. The number of nitrogen functional groups attached to an aromatic ring is 1. The van der Waals surface area contributed by atoms with E-state index in [1.807, 2.05) is 0 Å². The van der Waals surface area contributed by atoms with Crippen molar-refractivity contribution in [1.82, 2.24) is 9.97 Å². The molecule has 2 rings (SSSR count). The molecule has 0 saturated heterocycles. The zero-order chi connectivity index (χ0) is 14.0. The summed E-state index contributed by atoms with van der Waals surface area (Å²) in [4.78, 5) is 7.97. The highest BCUT2D eigenvalue weighted by atomic mass is 19.4. The molecule has 4 nitrogen and oxygen atoms in total. The monoisotopic (exact) mass is 268 g/mol. The zero-order valence-corrected chi connectivity index (χ0v) is 9.99. The number of halogens is 3. The van der Waals surface area contributed by atoms with Crippen LogP contribution in [0.4, 0.5) is 19.0 Å². The van der Waals surface area contributed by atoms with Crippen LogP contribution in [0.2, 0.25) is 0 Å². The van der Waals surface area contributed by atoms with Gasteiger partial charge in [-0.2, -0.15) is 13.2 Å². The minimum Gasteiger partial charge on any atom is -0.308 e. The van der Waals surface area contributed by atoms with Crippen LogP contribution in [0.5, 0.6) is 0 Å². The van der Waals surface area contributed by atoms with Crippen LogP contribution in [0, 0.1) is 6.92 Å². The number of alkyl halides is 3. The second kappa shape index (κ2) is 4.85. The Kier molecular flexibility index (Phi) is 3.39. The van der Waals surface area contributed by atoms with E-state index >= 15 is 0 Å². The number of aromatic nitrogens is 2. The van der Waals surface area contributed by atoms with Crippen LogP contribution < -0.4 is 11.3 Å². The topological polar surface area (TPSA) is 63.8 Å². The Bertz CT molecular complexity index is 596. The Morgan fingerprint density at radius 2 is 1.84 bits per heavy atom. The highest BCUT2D eigenvalue weighted by Gasteiger charge is 2.34. The van der Waals surface area contributed by atoms with Crippen LogP contribution >= 0.6 is 0 Å². The van der Waals surface area contributed by atoms with Gasteiger partial charge in [0.05, 0.1) is 5.56 Å². The van der Waals surface area contributed by atoms with Gasteiger partial charge in [0.1, 0.15) is 5.82 Å². The van der Waals surface area contributed by atoms with E-state index in [-0.39, 0.29) is 17.2 Å². The highest BCUT2D eigenvalue weighted by Crippen LogP contribution is 2.35. The molecule has 0 atom stereocenters. The van der Waals surface area contributed by atoms with Crippen LogP contribution in [0.25, 0.3) is 11.4 Å². The van der Waals surface area contributed by atoms with Crippen molar-refractivity contribution in [2.24, 2.45) is 5.84 Å². The summed E-state index contributed by atoms with van der Waals surface area (Å²) < 4.78 is 38.8. The predicted molar refractivity (Wildman–Crippen MR) is 65.0 cm³/mol. The number of anilines is 1. The number of hydrogen-bond donors (Lipinski definition) is 2. The molecule has 0 bridgehead atoms. The standard InChI is InChI=1S/C12H11F3N4/c1-7-6-10(19-16)18-11(17-7)8-4-2-3-5-9(8)12(13,14)15/h2-6H,16H2,1H3,(H,17,18,19). The van der Waals surface area contributed by atoms with E-state index in [1.165, 1.54) is 18.2 Å². The lowest BCUT2D eigenvalue weighted by atomic mass is 10.1. The Labute approximate surface area is 107 Å². The third-order valence-corrected chi connectivity index (χ3v) is 2.48. The van der Waals surface area contributed by atoms with E-state index in [0.29, 0.717) is 5.69 Å². The first kappa shape index (κ1) is 13.3. The molecule has 0 radical (unpaired) electrons. The fourth-order valence-electron chi connectivity index (χ4n) is 1.69. The van der Waals surface area contributed by atoms with Crippen LogP contribution in [0.3, 0.4) is 0 Å². The van der Waals surface area contributed by atoms with Crippen molar-refractivity contribution in [3.05, 3.63) is 41.6 Å². The molecule has 0 amide bonds. The lowest BCUT2D eigenvalue weighted by Crippen LogP contribution is -2.12. The first-order valence-corrected chi connectivity index (χ1v) is 5.40. The summed E-state index contributed by atoms with van der Waals surface area (Å²) in [6.45, 7) is 1.65. The smallest absolute Gasteiger partial charge is 0.308 e. The van der Waals surface area contributed by atoms with Gasteiger partial charge < -0.3 is 5.43 Å². The first-order chi connectivity index (χ1) is 8.91. The molecule has 0 aliphatic rings. The van der Waals surface area contributed by atoms with E-state index in [4.69, 9.17) is 5.84 Å². The molecule has 0 aliphatic carbocycles. The van der Waals surface area contributed by atoms with Gasteiger partial charge in [0.15, 0.2) is 5.82 Å². The Balaban J connectivity index is 2.62. The molecule has 2 aromatic rings. The van der Waals surface area contributed by atoms with Crippen LogP contribution in [-0.2, 0) is 6.18 Å². The third-order valence-electron chi connectivity index (χ3n) is 2.48. The van der Waals surface area contributed by atoms with Crippen molar-refractivity contribution >= 4 is 5.82 Å². The van der Waals surface area contributed by atoms with Crippen molar-refractivity contribution in [2.45, 2.75) is 13.1 Å². The summed E-state index contributed by atoms with van der Waals surface area (Å²) in [7, 11) is 0. The number of rotatable bonds is 2. The van der Waals surface area contributed by atoms with Gasteiger partial charge in [0.25, 0.3) is 0 Å². The number of nitrogens with one attached hydrogen (secondary N) is 1. The summed E-state index contributed by atoms with van der Waals surface area (Å²) in [6.07, 6.45) is -4.46. The van der Waals surface area contributed by atoms with Crippen molar-refractivity contribution < 1.29 is 13.2 Å². The molecular formula is C12H11F3N4. The average molecular weight is 268 g/mol. The molecule has 0 spiro atoms. The van der Waals surface area contributed by atoms with Gasteiger partial charge in [0.2, 0.25) is 0 Å². The van der Waals surface area contributed by atoms with E-state index in [0.717, 1.165) is 6.07 Å². The second-order valence-corrected chi connectivity index (χ2v) is 3.91. The third kappa shape index (κ3) is 2.82. The minimum absolute atomic E-state index is 0.0131. The molecule has 1 heterocycles. The van der Waals surface area contributed by atoms with Gasteiger partial charge >= 0.3 is 6.18 Å². The van der Waals surface area contributed by atoms with Gasteiger partial charge in [0, 0.05) is 17.3 Å². The normalized spacial score (nSPS) is 11.4. The summed E-state index contributed by atoms with van der Waals surface area (Å²) in [5, 5.41) is 0. The Morgan fingerprint density at radius 3 is 2.47 bits per heavy atom. The molecule has 3 N–H and O–H groups in total. The van der Waals surface area contributed by atoms with Crippen LogP contribution in [0.15, 0.2) is 30.3 Å². The number of nitrogens with zero attached hydrogens (tertiary/aromatic N) is 2. The maximum absolute atomic E-state index is 12.9. The van der Waals surface area contributed by atoms with E-state index in [9.17, 15) is 13.2 Å². The SMILES string of the molecule is Cc1cc(NN)nc(-c2ccccc2C(F)(F)F)n1. The van der Waals surface area contributed by atoms with Crippen molar-refractivity contribution in [3.63, 3.8) is 0 Å². The Hall–Kier alpha value is -2.15.